The van der Waals surface area contributed by atoms with Gasteiger partial charge < -0.3 is 14.7 Å². The van der Waals surface area contributed by atoms with Crippen LogP contribution in [0.2, 0.25) is 0 Å². The van der Waals surface area contributed by atoms with E-state index in [9.17, 15) is 27.9 Å². The summed E-state index contributed by atoms with van der Waals surface area (Å²) < 4.78 is 30.2. The van der Waals surface area contributed by atoms with E-state index in [-0.39, 0.29) is 0 Å². The highest BCUT2D eigenvalue weighted by molar-refractivity contribution is 7.93. The maximum Gasteiger partial charge on any atom is 0.328 e. The monoisotopic (exact) mass is 424 g/mol. The van der Waals surface area contributed by atoms with E-state index in [4.69, 9.17) is 4.74 Å². The Kier molecular flexibility index (Phi) is 4.77. The Balaban J connectivity index is 2.08. The first-order valence-electron chi connectivity index (χ1n) is 9.12. The molecular weight excluding hydrogens is 400 g/mol. The standard InChI is InChI=1S/C19H24N2O7S/c1-18(2,3)17(25)28-12(10-6-8-20-9-7-10)11-14(22)21-13(16(23)24)19(4,5)29(26,27)15(11)21/h6-9,11-13,15H,1-5H3,(H,23,24)/t11-,12-,13+,15-/m1/s1. The van der Waals surface area contributed by atoms with E-state index >= 15 is 0 Å². The molecule has 0 bridgehead atoms. The number of esters is 1. The van der Waals surface area contributed by atoms with Crippen LogP contribution in [0.1, 0.15) is 46.3 Å². The van der Waals surface area contributed by atoms with Crippen LogP contribution in [0.4, 0.5) is 0 Å². The molecule has 0 spiro atoms. The third-order valence-electron chi connectivity index (χ3n) is 5.55. The minimum Gasteiger partial charge on any atom is -0.480 e. The zero-order valence-corrected chi connectivity index (χ0v) is 17.6. The van der Waals surface area contributed by atoms with Gasteiger partial charge in [-0.3, -0.25) is 14.6 Å². The maximum atomic E-state index is 13.2. The Morgan fingerprint density at radius 2 is 1.79 bits per heavy atom. The molecule has 2 fully saturated rings. The molecule has 10 heteroatoms. The number of carbonyl (C=O) groups excluding carboxylic acids is 2. The Labute approximate surface area is 169 Å². The second-order valence-corrected chi connectivity index (χ2v) is 11.5. The van der Waals surface area contributed by atoms with Crippen molar-refractivity contribution < 1.29 is 32.6 Å². The van der Waals surface area contributed by atoms with E-state index in [0.29, 0.717) is 5.56 Å². The van der Waals surface area contributed by atoms with Crippen LogP contribution in [0, 0.1) is 11.3 Å². The molecule has 2 aliphatic heterocycles. The summed E-state index contributed by atoms with van der Waals surface area (Å²) in [6.45, 7) is 7.52. The second kappa shape index (κ2) is 6.51. The largest absolute Gasteiger partial charge is 0.480 e. The average Bonchev–Trinajstić information content (AvgIpc) is 2.75. The summed E-state index contributed by atoms with van der Waals surface area (Å²) in [4.78, 5) is 42.1. The lowest BCUT2D eigenvalue weighted by Gasteiger charge is -2.45. The predicted octanol–water partition coefficient (Wildman–Crippen LogP) is 1.16. The molecule has 0 radical (unpaired) electrons. The van der Waals surface area contributed by atoms with Crippen LogP contribution in [0.15, 0.2) is 24.5 Å². The van der Waals surface area contributed by atoms with E-state index < -0.39 is 61.3 Å². The summed E-state index contributed by atoms with van der Waals surface area (Å²) in [5.74, 6) is -3.88. The van der Waals surface area contributed by atoms with Crippen LogP contribution >= 0.6 is 0 Å². The van der Waals surface area contributed by atoms with Crippen LogP contribution in [-0.2, 0) is 29.0 Å². The van der Waals surface area contributed by atoms with Crippen LogP contribution < -0.4 is 0 Å². The molecule has 3 heterocycles. The van der Waals surface area contributed by atoms with Crippen molar-refractivity contribution in [2.24, 2.45) is 11.3 Å². The molecular formula is C19H24N2O7S. The number of aromatic nitrogens is 1. The van der Waals surface area contributed by atoms with Gasteiger partial charge in [0.2, 0.25) is 5.91 Å². The smallest absolute Gasteiger partial charge is 0.328 e. The third-order valence-corrected chi connectivity index (χ3v) is 8.40. The summed E-state index contributed by atoms with van der Waals surface area (Å²) in [5, 5.41) is 8.19. The van der Waals surface area contributed by atoms with E-state index in [2.05, 4.69) is 4.98 Å². The number of aliphatic carboxylic acids is 1. The normalized spacial score (nSPS) is 28.2. The zero-order valence-electron chi connectivity index (χ0n) is 16.8. The number of nitrogens with zero attached hydrogens (tertiary/aromatic N) is 2. The number of β-lactam (4-membered cyclic amide) rings is 1. The quantitative estimate of drug-likeness (QED) is 0.563. The predicted molar refractivity (Wildman–Crippen MR) is 101 cm³/mol. The molecule has 0 aromatic carbocycles. The van der Waals surface area contributed by atoms with Gasteiger partial charge in [-0.15, -0.1) is 0 Å². The lowest BCUT2D eigenvalue weighted by atomic mass is 9.84. The van der Waals surface area contributed by atoms with Crippen molar-refractivity contribution in [2.75, 3.05) is 0 Å². The first kappa shape index (κ1) is 21.2. The lowest BCUT2D eigenvalue weighted by molar-refractivity contribution is -0.180. The number of hydrogen-bond acceptors (Lipinski definition) is 7. The summed E-state index contributed by atoms with van der Waals surface area (Å²) >= 11 is 0. The summed E-state index contributed by atoms with van der Waals surface area (Å²) in [6.07, 6.45) is 1.72. The van der Waals surface area contributed by atoms with Crippen molar-refractivity contribution in [3.63, 3.8) is 0 Å². The number of carboxylic acid groups (broad SMARTS) is 1. The van der Waals surface area contributed by atoms with Crippen molar-refractivity contribution in [1.29, 1.82) is 0 Å². The minimum absolute atomic E-state index is 0.419. The number of pyridine rings is 1. The number of sulfone groups is 1. The Morgan fingerprint density at radius 3 is 2.28 bits per heavy atom. The average molecular weight is 424 g/mol. The Bertz CT molecular complexity index is 966. The molecule has 3 rings (SSSR count). The van der Waals surface area contributed by atoms with E-state index in [1.54, 1.807) is 20.8 Å². The number of carboxylic acids is 1. The van der Waals surface area contributed by atoms with Crippen LogP contribution in [0.5, 0.6) is 0 Å². The molecule has 158 valence electrons. The molecule has 0 unspecified atom stereocenters. The zero-order chi connectivity index (χ0) is 21.9. The molecule has 29 heavy (non-hydrogen) atoms. The second-order valence-electron chi connectivity index (χ2n) is 8.91. The molecule has 2 aliphatic rings. The SMILES string of the molecule is CC(C)(C)C(=O)O[C@H](c1ccncc1)[C@@H]1C(=O)N2[C@@H](C(=O)O)C(C)(C)S(=O)(=O)[C@H]12. The van der Waals surface area contributed by atoms with Crippen molar-refractivity contribution in [1.82, 2.24) is 9.88 Å². The van der Waals surface area contributed by atoms with Gasteiger partial charge in [-0.25, -0.2) is 13.2 Å². The molecule has 1 amide bonds. The van der Waals surface area contributed by atoms with Crippen molar-refractivity contribution >= 4 is 27.7 Å². The maximum absolute atomic E-state index is 13.2. The lowest BCUT2D eigenvalue weighted by Crippen LogP contribution is -2.65. The molecule has 1 aromatic heterocycles. The van der Waals surface area contributed by atoms with Gasteiger partial charge in [0.25, 0.3) is 0 Å². The molecule has 4 atom stereocenters. The highest BCUT2D eigenvalue weighted by Gasteiger charge is 2.73. The van der Waals surface area contributed by atoms with Gasteiger partial charge in [0, 0.05) is 12.4 Å². The molecule has 0 aliphatic carbocycles. The highest BCUT2D eigenvalue weighted by atomic mass is 32.2. The van der Waals surface area contributed by atoms with E-state index in [1.165, 1.54) is 38.4 Å². The van der Waals surface area contributed by atoms with Crippen molar-refractivity contribution in [2.45, 2.75) is 56.9 Å². The van der Waals surface area contributed by atoms with Gasteiger partial charge in [-0.05, 0) is 52.3 Å². The minimum atomic E-state index is -4.05. The molecule has 2 saturated heterocycles. The number of rotatable bonds is 4. The number of hydrogen-bond donors (Lipinski definition) is 1. The van der Waals surface area contributed by atoms with Crippen LogP contribution in [0.25, 0.3) is 0 Å². The van der Waals surface area contributed by atoms with E-state index in [0.717, 1.165) is 4.90 Å². The number of amides is 1. The fourth-order valence-corrected chi connectivity index (χ4v) is 6.14. The number of carbonyl (C=O) groups is 3. The van der Waals surface area contributed by atoms with Gasteiger partial charge >= 0.3 is 11.9 Å². The fraction of sp³-hybridized carbons (Fsp3) is 0.579. The third kappa shape index (κ3) is 3.00. The van der Waals surface area contributed by atoms with Crippen molar-refractivity contribution in [3.8, 4) is 0 Å². The van der Waals surface area contributed by atoms with Gasteiger partial charge in [0.05, 0.1) is 10.2 Å². The van der Waals surface area contributed by atoms with Gasteiger partial charge in [0.1, 0.15) is 18.1 Å². The van der Waals surface area contributed by atoms with Gasteiger partial charge in [0.15, 0.2) is 15.2 Å². The van der Waals surface area contributed by atoms with Crippen LogP contribution in [0.3, 0.4) is 0 Å². The highest BCUT2D eigenvalue weighted by Crippen LogP contribution is 2.53. The first-order valence-corrected chi connectivity index (χ1v) is 10.7. The molecule has 1 aromatic rings. The van der Waals surface area contributed by atoms with Gasteiger partial charge in [-0.1, -0.05) is 0 Å². The Hall–Kier alpha value is -2.49. The Morgan fingerprint density at radius 1 is 1.24 bits per heavy atom. The number of fused-ring (bicyclic) bond motifs is 1. The summed E-state index contributed by atoms with van der Waals surface area (Å²) in [7, 11) is -4.05. The fourth-order valence-electron chi connectivity index (χ4n) is 3.82. The topological polar surface area (TPSA) is 131 Å². The van der Waals surface area contributed by atoms with Crippen molar-refractivity contribution in [3.05, 3.63) is 30.1 Å². The number of ether oxygens (including phenoxy) is 1. The molecule has 1 N–H and O–H groups in total. The summed E-state index contributed by atoms with van der Waals surface area (Å²) in [5.41, 5.74) is -0.461. The summed E-state index contributed by atoms with van der Waals surface area (Å²) in [6, 6.07) is 1.58. The molecule has 0 saturated carbocycles. The van der Waals surface area contributed by atoms with Crippen LogP contribution in [-0.4, -0.2) is 57.4 Å². The first-order chi connectivity index (χ1) is 13.2. The van der Waals surface area contributed by atoms with Gasteiger partial charge in [-0.2, -0.15) is 0 Å². The van der Waals surface area contributed by atoms with E-state index in [1.807, 2.05) is 0 Å². The molecule has 9 nitrogen and oxygen atoms in total.